The van der Waals surface area contributed by atoms with Gasteiger partial charge in [-0.1, -0.05) is 13.3 Å². The fourth-order valence-corrected chi connectivity index (χ4v) is 3.24. The molecule has 4 nitrogen and oxygen atoms in total. The summed E-state index contributed by atoms with van der Waals surface area (Å²) in [6.07, 6.45) is 4.85. The minimum atomic E-state index is 0.188. The number of nitrogens with zero attached hydrogens (tertiary/aromatic N) is 3. The van der Waals surface area contributed by atoms with Gasteiger partial charge in [0.15, 0.2) is 0 Å². The summed E-state index contributed by atoms with van der Waals surface area (Å²) in [5, 5.41) is 4.61. The monoisotopic (exact) mass is 264 g/mol. The number of aromatic nitrogens is 2. The van der Waals surface area contributed by atoms with Crippen molar-refractivity contribution in [2.24, 2.45) is 18.7 Å². The van der Waals surface area contributed by atoms with E-state index in [4.69, 9.17) is 5.73 Å². The number of piperidine rings is 1. The lowest BCUT2D eigenvalue weighted by Gasteiger charge is -2.34. The lowest BCUT2D eigenvalue weighted by Crippen LogP contribution is -2.37. The zero-order valence-corrected chi connectivity index (χ0v) is 12.8. The summed E-state index contributed by atoms with van der Waals surface area (Å²) in [6, 6.07) is 0.188. The highest BCUT2D eigenvalue weighted by Crippen LogP contribution is 2.29. The largest absolute Gasteiger partial charge is 0.356 e. The first kappa shape index (κ1) is 14.4. The van der Waals surface area contributed by atoms with Gasteiger partial charge >= 0.3 is 0 Å². The van der Waals surface area contributed by atoms with E-state index in [0.29, 0.717) is 0 Å². The third-order valence-electron chi connectivity index (χ3n) is 4.24. The average molecular weight is 264 g/mol. The maximum absolute atomic E-state index is 6.00. The van der Waals surface area contributed by atoms with Crippen LogP contribution in [0.1, 0.15) is 44.4 Å². The second-order valence-electron chi connectivity index (χ2n) is 6.06. The molecule has 0 amide bonds. The van der Waals surface area contributed by atoms with Crippen LogP contribution in [0.15, 0.2) is 0 Å². The summed E-state index contributed by atoms with van der Waals surface area (Å²) in [6.45, 7) is 8.79. The predicted molar refractivity (Wildman–Crippen MR) is 80.5 cm³/mol. The number of rotatable bonds is 4. The van der Waals surface area contributed by atoms with Crippen molar-refractivity contribution in [3.05, 3.63) is 11.3 Å². The Balaban J connectivity index is 2.27. The van der Waals surface area contributed by atoms with E-state index in [1.807, 2.05) is 4.68 Å². The van der Waals surface area contributed by atoms with Gasteiger partial charge in [-0.2, -0.15) is 5.10 Å². The standard InChI is InChI=1S/C15H28N4/c1-5-13-7-6-8-19(10-13)15-14(9-11(2)16)12(3)17-18(15)4/h11,13H,5-10,16H2,1-4H3. The number of hydrogen-bond donors (Lipinski definition) is 1. The first-order valence-corrected chi connectivity index (χ1v) is 7.55. The number of anilines is 1. The zero-order chi connectivity index (χ0) is 14.0. The topological polar surface area (TPSA) is 47.1 Å². The van der Waals surface area contributed by atoms with Crippen LogP contribution in [0.25, 0.3) is 0 Å². The maximum atomic E-state index is 6.00. The zero-order valence-electron chi connectivity index (χ0n) is 12.8. The lowest BCUT2D eigenvalue weighted by molar-refractivity contribution is 0.399. The van der Waals surface area contributed by atoms with Crippen molar-refractivity contribution in [3.63, 3.8) is 0 Å². The second-order valence-corrected chi connectivity index (χ2v) is 6.06. The van der Waals surface area contributed by atoms with Crippen LogP contribution in [0, 0.1) is 12.8 Å². The molecule has 1 saturated heterocycles. The van der Waals surface area contributed by atoms with Gasteiger partial charge in [0.05, 0.1) is 5.69 Å². The van der Waals surface area contributed by atoms with Crippen molar-refractivity contribution >= 4 is 5.82 Å². The minimum Gasteiger partial charge on any atom is -0.356 e. The Bertz CT molecular complexity index is 422. The molecule has 2 unspecified atom stereocenters. The highest BCUT2D eigenvalue weighted by atomic mass is 15.4. The second kappa shape index (κ2) is 5.95. The Morgan fingerprint density at radius 2 is 2.21 bits per heavy atom. The Morgan fingerprint density at radius 3 is 2.84 bits per heavy atom. The van der Waals surface area contributed by atoms with Crippen LogP contribution in [0.3, 0.4) is 0 Å². The molecule has 1 aliphatic heterocycles. The molecule has 0 bridgehead atoms. The van der Waals surface area contributed by atoms with E-state index >= 15 is 0 Å². The third kappa shape index (κ3) is 3.11. The molecule has 0 saturated carbocycles. The van der Waals surface area contributed by atoms with Crippen molar-refractivity contribution in [3.8, 4) is 0 Å². The minimum absolute atomic E-state index is 0.188. The van der Waals surface area contributed by atoms with E-state index in [1.54, 1.807) is 0 Å². The summed E-state index contributed by atoms with van der Waals surface area (Å²) in [4.78, 5) is 2.52. The van der Waals surface area contributed by atoms with E-state index < -0.39 is 0 Å². The fourth-order valence-electron chi connectivity index (χ4n) is 3.24. The Labute approximate surface area is 117 Å². The summed E-state index contributed by atoms with van der Waals surface area (Å²) in [5.41, 5.74) is 8.47. The molecular formula is C15H28N4. The van der Waals surface area contributed by atoms with E-state index in [0.717, 1.165) is 24.6 Å². The van der Waals surface area contributed by atoms with Crippen molar-refractivity contribution in [2.45, 2.75) is 52.5 Å². The van der Waals surface area contributed by atoms with Gasteiger partial charge in [0.2, 0.25) is 0 Å². The van der Waals surface area contributed by atoms with Gasteiger partial charge in [-0.15, -0.1) is 0 Å². The first-order valence-electron chi connectivity index (χ1n) is 7.55. The van der Waals surface area contributed by atoms with Gasteiger partial charge in [-0.25, -0.2) is 0 Å². The molecule has 1 aromatic heterocycles. The predicted octanol–water partition coefficient (Wildman–Crippen LogP) is 2.24. The molecule has 2 atom stereocenters. The third-order valence-corrected chi connectivity index (χ3v) is 4.24. The summed E-state index contributed by atoms with van der Waals surface area (Å²) < 4.78 is 2.05. The van der Waals surface area contributed by atoms with Gasteiger partial charge in [0, 0.05) is 31.7 Å². The summed E-state index contributed by atoms with van der Waals surface area (Å²) in [7, 11) is 2.06. The van der Waals surface area contributed by atoms with Gasteiger partial charge < -0.3 is 10.6 Å². The molecular weight excluding hydrogens is 236 g/mol. The normalized spacial score (nSPS) is 21.7. The van der Waals surface area contributed by atoms with Crippen LogP contribution in [-0.2, 0) is 13.5 Å². The molecule has 4 heteroatoms. The molecule has 2 heterocycles. The number of aryl methyl sites for hydroxylation is 2. The molecule has 2 N–H and O–H groups in total. The fraction of sp³-hybridized carbons (Fsp3) is 0.800. The number of nitrogens with two attached hydrogens (primary N) is 1. The molecule has 0 aliphatic carbocycles. The van der Waals surface area contributed by atoms with Crippen LogP contribution in [-0.4, -0.2) is 28.9 Å². The van der Waals surface area contributed by atoms with E-state index in [9.17, 15) is 0 Å². The highest BCUT2D eigenvalue weighted by molar-refractivity contribution is 5.51. The smallest absolute Gasteiger partial charge is 0.130 e. The first-order chi connectivity index (χ1) is 9.02. The Kier molecular flexibility index (Phi) is 4.50. The average Bonchev–Trinajstić information content (AvgIpc) is 2.63. The Hall–Kier alpha value is -1.03. The van der Waals surface area contributed by atoms with Crippen LogP contribution in [0.5, 0.6) is 0 Å². The summed E-state index contributed by atoms with van der Waals surface area (Å²) in [5.74, 6) is 2.13. The van der Waals surface area contributed by atoms with E-state index in [1.165, 1.54) is 37.2 Å². The maximum Gasteiger partial charge on any atom is 0.130 e. The van der Waals surface area contributed by atoms with Crippen molar-refractivity contribution < 1.29 is 0 Å². The molecule has 2 rings (SSSR count). The van der Waals surface area contributed by atoms with Crippen molar-refractivity contribution in [1.29, 1.82) is 0 Å². The van der Waals surface area contributed by atoms with Gasteiger partial charge in [-0.05, 0) is 39.0 Å². The number of hydrogen-bond acceptors (Lipinski definition) is 3. The van der Waals surface area contributed by atoms with Gasteiger partial charge in [0.1, 0.15) is 5.82 Å². The Morgan fingerprint density at radius 1 is 1.47 bits per heavy atom. The molecule has 1 fully saturated rings. The van der Waals surface area contributed by atoms with Gasteiger partial charge in [0.25, 0.3) is 0 Å². The van der Waals surface area contributed by atoms with Crippen LogP contribution >= 0.6 is 0 Å². The molecule has 0 radical (unpaired) electrons. The molecule has 0 aromatic carbocycles. The van der Waals surface area contributed by atoms with Crippen molar-refractivity contribution in [1.82, 2.24) is 9.78 Å². The van der Waals surface area contributed by atoms with Crippen molar-refractivity contribution in [2.75, 3.05) is 18.0 Å². The van der Waals surface area contributed by atoms with E-state index in [2.05, 4.69) is 37.8 Å². The molecule has 0 spiro atoms. The summed E-state index contributed by atoms with van der Waals surface area (Å²) >= 11 is 0. The van der Waals surface area contributed by atoms with E-state index in [-0.39, 0.29) is 6.04 Å². The van der Waals surface area contributed by atoms with Crippen LogP contribution in [0.4, 0.5) is 5.82 Å². The van der Waals surface area contributed by atoms with Gasteiger partial charge in [-0.3, -0.25) is 4.68 Å². The van der Waals surface area contributed by atoms with Crippen LogP contribution in [0.2, 0.25) is 0 Å². The highest BCUT2D eigenvalue weighted by Gasteiger charge is 2.25. The quantitative estimate of drug-likeness (QED) is 0.907. The lowest BCUT2D eigenvalue weighted by atomic mass is 9.95. The SMILES string of the molecule is CCC1CCCN(c2c(CC(C)N)c(C)nn2C)C1. The molecule has 19 heavy (non-hydrogen) atoms. The molecule has 1 aromatic rings. The van der Waals surface area contributed by atoms with Crippen LogP contribution < -0.4 is 10.6 Å². The molecule has 1 aliphatic rings. The molecule has 108 valence electrons.